The van der Waals surface area contributed by atoms with Gasteiger partial charge in [-0.15, -0.1) is 11.6 Å². The molecule has 0 aromatic carbocycles. The maximum Gasteiger partial charge on any atom is 0.0341 e. The molecule has 0 amide bonds. The van der Waals surface area contributed by atoms with Gasteiger partial charge in [-0.05, 0) is 31.1 Å². The van der Waals surface area contributed by atoms with Crippen molar-refractivity contribution in [2.45, 2.75) is 44.9 Å². The molecule has 1 heteroatoms. The van der Waals surface area contributed by atoms with Crippen LogP contribution in [-0.2, 0) is 0 Å². The fourth-order valence-corrected chi connectivity index (χ4v) is 2.55. The lowest BCUT2D eigenvalue weighted by Crippen LogP contribution is -2.20. The Balaban J connectivity index is 2.35. The summed E-state index contributed by atoms with van der Waals surface area (Å²) in [6.07, 6.45) is 5.20. The maximum atomic E-state index is 6.08. The van der Waals surface area contributed by atoms with E-state index in [1.165, 1.54) is 25.7 Å². The second-order valence-electron chi connectivity index (χ2n) is 3.68. The summed E-state index contributed by atoms with van der Waals surface area (Å²) in [5.74, 6) is 1.77. The van der Waals surface area contributed by atoms with Crippen molar-refractivity contribution in [3.63, 3.8) is 0 Å². The molecule has 1 rings (SSSR count). The molecule has 0 N–H and O–H groups in total. The molecule has 0 saturated heterocycles. The van der Waals surface area contributed by atoms with Gasteiger partial charge in [0.1, 0.15) is 0 Å². The van der Waals surface area contributed by atoms with Gasteiger partial charge in [0.2, 0.25) is 0 Å². The second kappa shape index (κ2) is 3.61. The molecule has 0 bridgehead atoms. The molecule has 1 aliphatic carbocycles. The van der Waals surface area contributed by atoms with E-state index in [2.05, 4.69) is 13.8 Å². The summed E-state index contributed by atoms with van der Waals surface area (Å²) < 4.78 is 0. The van der Waals surface area contributed by atoms with Crippen molar-refractivity contribution >= 4 is 11.6 Å². The van der Waals surface area contributed by atoms with Gasteiger partial charge in [-0.2, -0.15) is 0 Å². The summed E-state index contributed by atoms with van der Waals surface area (Å²) in [7, 11) is 0. The van der Waals surface area contributed by atoms with E-state index >= 15 is 0 Å². The summed E-state index contributed by atoms with van der Waals surface area (Å²) in [5, 5.41) is 0.466. The lowest BCUT2D eigenvalue weighted by atomic mass is 9.81. The fraction of sp³-hybridized carbons (Fsp3) is 1.00. The summed E-state index contributed by atoms with van der Waals surface area (Å²) >= 11 is 6.08. The average Bonchev–Trinajstić information content (AvgIpc) is 1.85. The van der Waals surface area contributed by atoms with Gasteiger partial charge in [0.05, 0.1) is 0 Å². The zero-order valence-electron chi connectivity index (χ0n) is 6.94. The first-order valence-electron chi connectivity index (χ1n) is 4.36. The molecule has 1 fully saturated rings. The van der Waals surface area contributed by atoms with E-state index in [1.807, 2.05) is 0 Å². The van der Waals surface area contributed by atoms with Crippen molar-refractivity contribution in [2.24, 2.45) is 11.8 Å². The van der Waals surface area contributed by atoms with Gasteiger partial charge in [-0.25, -0.2) is 0 Å². The van der Waals surface area contributed by atoms with Crippen molar-refractivity contribution in [1.29, 1.82) is 0 Å². The molecular weight excluding hydrogens is 144 g/mol. The first-order valence-corrected chi connectivity index (χ1v) is 4.80. The molecule has 3 atom stereocenters. The molecule has 1 saturated carbocycles. The molecule has 0 spiro atoms. The standard InChI is InChI=1S/C9H17Cl/c1-3-8-4-7(2)5-9(10)6-8/h7-9H,3-6H2,1-2H3. The highest BCUT2D eigenvalue weighted by Crippen LogP contribution is 2.33. The van der Waals surface area contributed by atoms with E-state index < -0.39 is 0 Å². The summed E-state index contributed by atoms with van der Waals surface area (Å²) in [6, 6.07) is 0. The first-order chi connectivity index (χ1) is 4.72. The van der Waals surface area contributed by atoms with Gasteiger partial charge in [-0.3, -0.25) is 0 Å². The topological polar surface area (TPSA) is 0 Å². The monoisotopic (exact) mass is 160 g/mol. The molecule has 0 radical (unpaired) electrons. The quantitative estimate of drug-likeness (QED) is 0.516. The van der Waals surface area contributed by atoms with E-state index in [0.717, 1.165) is 11.8 Å². The Labute approximate surface area is 69.0 Å². The first kappa shape index (κ1) is 8.39. The van der Waals surface area contributed by atoms with Crippen LogP contribution in [0.1, 0.15) is 39.5 Å². The minimum absolute atomic E-state index is 0.466. The van der Waals surface area contributed by atoms with Crippen LogP contribution in [0.5, 0.6) is 0 Å². The van der Waals surface area contributed by atoms with Crippen LogP contribution in [0.2, 0.25) is 0 Å². The fourth-order valence-electron chi connectivity index (χ4n) is 1.99. The van der Waals surface area contributed by atoms with Gasteiger partial charge in [0.25, 0.3) is 0 Å². The van der Waals surface area contributed by atoms with Crippen molar-refractivity contribution in [3.8, 4) is 0 Å². The lowest BCUT2D eigenvalue weighted by molar-refractivity contribution is 0.281. The largest absolute Gasteiger partial charge is 0.123 e. The highest BCUT2D eigenvalue weighted by atomic mass is 35.5. The molecule has 1 aliphatic rings. The number of hydrogen-bond donors (Lipinski definition) is 0. The Morgan fingerprint density at radius 2 is 2.00 bits per heavy atom. The minimum atomic E-state index is 0.466. The van der Waals surface area contributed by atoms with Gasteiger partial charge in [-0.1, -0.05) is 20.3 Å². The maximum absolute atomic E-state index is 6.08. The van der Waals surface area contributed by atoms with E-state index in [-0.39, 0.29) is 0 Å². The van der Waals surface area contributed by atoms with E-state index in [0.29, 0.717) is 5.38 Å². The van der Waals surface area contributed by atoms with Crippen LogP contribution < -0.4 is 0 Å². The second-order valence-corrected chi connectivity index (χ2v) is 4.30. The molecule has 60 valence electrons. The van der Waals surface area contributed by atoms with Crippen LogP contribution >= 0.6 is 11.6 Å². The normalized spacial score (nSPS) is 41.7. The van der Waals surface area contributed by atoms with E-state index in [4.69, 9.17) is 11.6 Å². The van der Waals surface area contributed by atoms with Crippen molar-refractivity contribution in [2.75, 3.05) is 0 Å². The highest BCUT2D eigenvalue weighted by molar-refractivity contribution is 6.20. The third-order valence-electron chi connectivity index (χ3n) is 2.56. The zero-order valence-corrected chi connectivity index (χ0v) is 7.69. The Bertz CT molecular complexity index is 90.9. The Morgan fingerprint density at radius 3 is 2.50 bits per heavy atom. The van der Waals surface area contributed by atoms with Crippen LogP contribution in [0.3, 0.4) is 0 Å². The molecule has 0 aromatic rings. The van der Waals surface area contributed by atoms with Crippen LogP contribution in [-0.4, -0.2) is 5.38 Å². The third-order valence-corrected chi connectivity index (χ3v) is 2.92. The number of hydrogen-bond acceptors (Lipinski definition) is 0. The number of rotatable bonds is 1. The number of halogens is 1. The van der Waals surface area contributed by atoms with Crippen LogP contribution in [0.4, 0.5) is 0 Å². The van der Waals surface area contributed by atoms with Crippen molar-refractivity contribution in [1.82, 2.24) is 0 Å². The molecule has 10 heavy (non-hydrogen) atoms. The van der Waals surface area contributed by atoms with Gasteiger partial charge in [0, 0.05) is 5.38 Å². The Morgan fingerprint density at radius 1 is 1.30 bits per heavy atom. The predicted molar refractivity (Wildman–Crippen MR) is 46.4 cm³/mol. The van der Waals surface area contributed by atoms with Crippen LogP contribution in [0.25, 0.3) is 0 Å². The molecule has 3 unspecified atom stereocenters. The lowest BCUT2D eigenvalue weighted by Gasteiger charge is -2.29. The molecule has 0 aliphatic heterocycles. The molecule has 0 aromatic heterocycles. The van der Waals surface area contributed by atoms with Crippen molar-refractivity contribution < 1.29 is 0 Å². The number of alkyl halides is 1. The van der Waals surface area contributed by atoms with Crippen LogP contribution in [0, 0.1) is 11.8 Å². The van der Waals surface area contributed by atoms with Gasteiger partial charge in [0.15, 0.2) is 0 Å². The summed E-state index contributed by atoms with van der Waals surface area (Å²) in [4.78, 5) is 0. The highest BCUT2D eigenvalue weighted by Gasteiger charge is 2.23. The Hall–Kier alpha value is 0.290. The molecular formula is C9H17Cl. The predicted octanol–water partition coefficient (Wildman–Crippen LogP) is 3.44. The zero-order chi connectivity index (χ0) is 7.56. The Kier molecular flexibility index (Phi) is 3.03. The van der Waals surface area contributed by atoms with Gasteiger partial charge >= 0.3 is 0 Å². The average molecular weight is 161 g/mol. The van der Waals surface area contributed by atoms with Crippen LogP contribution in [0.15, 0.2) is 0 Å². The van der Waals surface area contributed by atoms with E-state index in [1.54, 1.807) is 0 Å². The SMILES string of the molecule is CCC1CC(C)CC(Cl)C1. The molecule has 0 heterocycles. The van der Waals surface area contributed by atoms with Crippen molar-refractivity contribution in [3.05, 3.63) is 0 Å². The van der Waals surface area contributed by atoms with E-state index in [9.17, 15) is 0 Å². The molecule has 0 nitrogen and oxygen atoms in total. The minimum Gasteiger partial charge on any atom is -0.123 e. The summed E-state index contributed by atoms with van der Waals surface area (Å²) in [5.41, 5.74) is 0. The third kappa shape index (κ3) is 2.16. The summed E-state index contributed by atoms with van der Waals surface area (Å²) in [6.45, 7) is 4.59. The van der Waals surface area contributed by atoms with Gasteiger partial charge < -0.3 is 0 Å². The smallest absolute Gasteiger partial charge is 0.0341 e.